The van der Waals surface area contributed by atoms with Crippen LogP contribution >= 0.6 is 35.1 Å². The quantitative estimate of drug-likeness (QED) is 0.0864. The minimum Gasteiger partial charge on any atom is -0.481 e. The van der Waals surface area contributed by atoms with Gasteiger partial charge in [0.15, 0.2) is 0 Å². The number of nitrogens with one attached hydrogen (secondary N) is 1. The van der Waals surface area contributed by atoms with Gasteiger partial charge < -0.3 is 37.0 Å². The van der Waals surface area contributed by atoms with Crippen LogP contribution in [0.15, 0.2) is 41.3 Å². The summed E-state index contributed by atoms with van der Waals surface area (Å²) in [5, 5.41) is 7.54. The lowest BCUT2D eigenvalue weighted by Gasteiger charge is -2.35. The van der Waals surface area contributed by atoms with Crippen LogP contribution in [0.4, 0.5) is 20.3 Å². The van der Waals surface area contributed by atoms with Gasteiger partial charge in [-0.15, -0.1) is 11.6 Å². The van der Waals surface area contributed by atoms with E-state index in [0.29, 0.717) is 44.6 Å². The maximum absolute atomic E-state index is 15.3. The van der Waals surface area contributed by atoms with Gasteiger partial charge in [0, 0.05) is 100 Å². The summed E-state index contributed by atoms with van der Waals surface area (Å²) in [4.78, 5) is 42.4. The predicted molar refractivity (Wildman–Crippen MR) is 224 cm³/mol. The number of rotatable bonds is 16. The summed E-state index contributed by atoms with van der Waals surface area (Å²) in [6, 6.07) is 11.0. The molecule has 56 heavy (non-hydrogen) atoms. The number of nitrogens with two attached hydrogens (primary N) is 3. The van der Waals surface area contributed by atoms with Crippen molar-refractivity contribution in [1.29, 1.82) is 0 Å². The van der Waals surface area contributed by atoms with Crippen molar-refractivity contribution >= 4 is 64.4 Å². The molecule has 1 aliphatic carbocycles. The fourth-order valence-corrected chi connectivity index (χ4v) is 8.00. The average Bonchev–Trinajstić information content (AvgIpc) is 3.62. The molecule has 0 bridgehead atoms. The second-order valence-corrected chi connectivity index (χ2v) is 15.6. The Morgan fingerprint density at radius 1 is 0.929 bits per heavy atom. The maximum Gasteiger partial charge on any atom is 0.300 e. The van der Waals surface area contributed by atoms with Gasteiger partial charge in [0.05, 0.1) is 19.6 Å². The van der Waals surface area contributed by atoms with Crippen LogP contribution in [0.1, 0.15) is 83.1 Å². The summed E-state index contributed by atoms with van der Waals surface area (Å²) in [6.07, 6.45) is 10.3. The van der Waals surface area contributed by atoms with Crippen molar-refractivity contribution in [2.75, 3.05) is 81.6 Å². The van der Waals surface area contributed by atoms with E-state index in [9.17, 15) is 9.59 Å². The number of quaternary nitrogens is 1. The molecule has 1 aromatic carbocycles. The van der Waals surface area contributed by atoms with E-state index in [-0.39, 0.29) is 22.5 Å². The smallest absolute Gasteiger partial charge is 0.300 e. The first kappa shape index (κ1) is 49.4. The zero-order valence-electron chi connectivity index (χ0n) is 33.0. The number of hydrogen-bond acceptors (Lipinski definition) is 9. The van der Waals surface area contributed by atoms with E-state index in [4.69, 9.17) is 38.7 Å². The first-order valence-electron chi connectivity index (χ1n) is 19.6. The van der Waals surface area contributed by atoms with Crippen molar-refractivity contribution in [3.63, 3.8) is 0 Å². The standard InChI is InChI=1S/C26H31ClF2N4OS.C10H24N4O.C2H4O2.CH3Cl/c27-23-17-20(26(28,29)19-5-2-1-3-6-19)18-24(30-23)31-13-15-32(16-14-31)35-22-10-8-21(9-11-22)33-12-4-7-25(33)34;11-5-2-8-14(9-3-6-12)7-1-4-10(13)15;1-2(3)4;1-2/h8-11,17-19H,1-7,12-16H2;1-9,11-12H2,(H2,13,15);1H3,(H,3,4);1H3/p+1. The monoisotopic (exact) mass is 847 g/mol. The molecule has 3 fully saturated rings. The summed E-state index contributed by atoms with van der Waals surface area (Å²) in [7, 11) is 0. The molecular formula is C39H63Cl2F2N8O4S+. The number of hydrogen-bond donors (Lipinski definition) is 5. The molecule has 12 nitrogen and oxygen atoms in total. The molecule has 1 saturated carbocycles. The second kappa shape index (κ2) is 27.0. The Morgan fingerprint density at radius 3 is 2.02 bits per heavy atom. The molecule has 2 aliphatic heterocycles. The Labute approximate surface area is 345 Å². The van der Waals surface area contributed by atoms with Gasteiger partial charge in [0.1, 0.15) is 11.0 Å². The summed E-state index contributed by atoms with van der Waals surface area (Å²) in [5.74, 6) is -3.83. The van der Waals surface area contributed by atoms with E-state index in [1.54, 1.807) is 18.0 Å². The maximum atomic E-state index is 15.3. The third-order valence-electron chi connectivity index (χ3n) is 9.72. The topological polar surface area (TPSA) is 177 Å². The third-order valence-corrected chi connectivity index (χ3v) is 11.0. The Morgan fingerprint density at radius 2 is 1.50 bits per heavy atom. The minimum absolute atomic E-state index is 0.00669. The van der Waals surface area contributed by atoms with Gasteiger partial charge >= 0.3 is 0 Å². The summed E-state index contributed by atoms with van der Waals surface area (Å²) >= 11 is 12.5. The van der Waals surface area contributed by atoms with Crippen LogP contribution < -0.4 is 31.9 Å². The Balaban J connectivity index is 0.000000432. The number of halogens is 4. The van der Waals surface area contributed by atoms with E-state index in [1.807, 2.05) is 21.9 Å². The number of aliphatic carboxylic acids is 1. The molecule has 8 N–H and O–H groups in total. The number of benzene rings is 1. The molecular weight excluding hydrogens is 785 g/mol. The fourth-order valence-electron chi connectivity index (χ4n) is 6.90. The van der Waals surface area contributed by atoms with Crippen molar-refractivity contribution < 1.29 is 33.2 Å². The first-order chi connectivity index (χ1) is 26.8. The van der Waals surface area contributed by atoms with Gasteiger partial charge in [-0.1, -0.05) is 30.9 Å². The van der Waals surface area contributed by atoms with E-state index in [1.165, 1.54) is 17.3 Å². The summed E-state index contributed by atoms with van der Waals surface area (Å²) < 4.78 is 32.8. The third kappa shape index (κ3) is 17.8. The molecule has 0 radical (unpaired) electrons. The number of piperazine rings is 1. The molecule has 1 aromatic heterocycles. The molecule has 3 aliphatic rings. The Hall–Kier alpha value is -2.79. The molecule has 5 rings (SSSR count). The highest BCUT2D eigenvalue weighted by Gasteiger charge is 2.42. The number of carbonyl (C=O) groups is 3. The molecule has 2 aromatic rings. The molecule has 2 saturated heterocycles. The van der Waals surface area contributed by atoms with Crippen molar-refractivity contribution in [2.45, 2.75) is 88.4 Å². The highest BCUT2D eigenvalue weighted by Crippen LogP contribution is 2.45. The van der Waals surface area contributed by atoms with Gasteiger partial charge in [-0.3, -0.25) is 14.4 Å². The zero-order chi connectivity index (χ0) is 41.5. The van der Waals surface area contributed by atoms with Gasteiger partial charge in [0.2, 0.25) is 11.8 Å². The lowest BCUT2D eigenvalue weighted by atomic mass is 9.82. The normalized spacial score (nSPS) is 16.3. The van der Waals surface area contributed by atoms with Gasteiger partial charge in [-0.2, -0.15) is 0 Å². The predicted octanol–water partition coefficient (Wildman–Crippen LogP) is 5.14. The van der Waals surface area contributed by atoms with Crippen molar-refractivity contribution in [3.05, 3.63) is 47.1 Å². The minimum atomic E-state index is -2.88. The van der Waals surface area contributed by atoms with Crippen LogP contribution in [-0.4, -0.2) is 104 Å². The van der Waals surface area contributed by atoms with Crippen molar-refractivity contribution in [3.8, 4) is 0 Å². The fraction of sp³-hybridized carbons (Fsp3) is 0.641. The number of carbonyl (C=O) groups excluding carboxylic acids is 2. The molecule has 316 valence electrons. The molecule has 0 atom stereocenters. The Kier molecular flexibility index (Phi) is 23.8. The highest BCUT2D eigenvalue weighted by molar-refractivity contribution is 7.97. The Bertz CT molecular complexity index is 1440. The summed E-state index contributed by atoms with van der Waals surface area (Å²) in [5.41, 5.74) is 17.0. The number of amides is 2. The van der Waals surface area contributed by atoms with Crippen LogP contribution in [0.2, 0.25) is 5.15 Å². The first-order valence-corrected chi connectivity index (χ1v) is 21.5. The van der Waals surface area contributed by atoms with Crippen LogP contribution in [0.3, 0.4) is 0 Å². The number of carboxylic acid groups (broad SMARTS) is 1. The van der Waals surface area contributed by atoms with Crippen LogP contribution in [-0.2, 0) is 20.3 Å². The van der Waals surface area contributed by atoms with E-state index >= 15 is 8.78 Å². The number of aromatic nitrogens is 1. The summed E-state index contributed by atoms with van der Waals surface area (Å²) in [6.45, 7) is 9.37. The number of pyridine rings is 1. The van der Waals surface area contributed by atoms with Gasteiger partial charge in [-0.25, -0.2) is 18.1 Å². The molecule has 0 spiro atoms. The lowest BCUT2D eigenvalue weighted by molar-refractivity contribution is -0.900. The zero-order valence-corrected chi connectivity index (χ0v) is 35.3. The number of alkyl halides is 3. The number of primary amides is 1. The SMILES string of the molecule is CC(=O)O.CCl.NCCC[NH+](CCCN)CCCC(N)=O.O=C1CCCN1c1ccc(SN2CCN(c3cc(C(F)(F)C4CCCCC4)cc(Cl)n3)CC2)cc1. The molecule has 2 amide bonds. The van der Waals surface area contributed by atoms with E-state index in [2.05, 4.69) is 33.0 Å². The lowest BCUT2D eigenvalue weighted by Crippen LogP contribution is -3.12. The van der Waals surface area contributed by atoms with Crippen LogP contribution in [0, 0.1) is 5.92 Å². The number of anilines is 2. The largest absolute Gasteiger partial charge is 0.481 e. The van der Waals surface area contributed by atoms with E-state index < -0.39 is 17.8 Å². The van der Waals surface area contributed by atoms with Crippen molar-refractivity contribution in [2.24, 2.45) is 23.1 Å². The molecule has 3 heterocycles. The van der Waals surface area contributed by atoms with Crippen molar-refractivity contribution in [1.82, 2.24) is 9.29 Å². The highest BCUT2D eigenvalue weighted by atomic mass is 35.5. The van der Waals surface area contributed by atoms with E-state index in [0.717, 1.165) is 115 Å². The number of carboxylic acids is 1. The average molecular weight is 849 g/mol. The van der Waals surface area contributed by atoms with Gasteiger partial charge in [0.25, 0.3) is 11.9 Å². The molecule has 0 unspecified atom stereocenters. The second-order valence-electron chi connectivity index (χ2n) is 14.0. The van der Waals surface area contributed by atoms with Crippen LogP contribution in [0.5, 0.6) is 0 Å². The van der Waals surface area contributed by atoms with Crippen LogP contribution in [0.25, 0.3) is 0 Å². The molecule has 17 heteroatoms. The van der Waals surface area contributed by atoms with Gasteiger partial charge in [-0.05, 0) is 80.7 Å². The number of nitrogens with zero attached hydrogens (tertiary/aromatic N) is 4.